The predicted molar refractivity (Wildman–Crippen MR) is 120 cm³/mol. The van der Waals surface area contributed by atoms with Crippen LogP contribution in [-0.2, 0) is 4.79 Å². The number of nitrogens with zero attached hydrogens (tertiary/aromatic N) is 2. The van der Waals surface area contributed by atoms with Crippen LogP contribution in [0.2, 0.25) is 0 Å². The minimum atomic E-state index is -0.357. The van der Waals surface area contributed by atoms with Crippen molar-refractivity contribution in [1.82, 2.24) is 9.55 Å². The predicted octanol–water partition coefficient (Wildman–Crippen LogP) is 5.41. The number of benzene rings is 3. The zero-order valence-electron chi connectivity index (χ0n) is 17.2. The standard InChI is InChI=1S/C25H21FN4O/c1-15-7-9-17(10-8-15)23-22(24(31)28-19-13-11-18(26)12-14-19)16(2)27-25-29-20-5-3-4-6-21(20)30(23)25/h3-14,23H,1-2H3,(H,27,29)(H,28,31)/t23-/m0/s1. The van der Waals surface area contributed by atoms with Gasteiger partial charge in [-0.2, -0.15) is 0 Å². The fraction of sp³-hybridized carbons (Fsp3) is 0.120. The van der Waals surface area contributed by atoms with Crippen LogP contribution in [0.15, 0.2) is 84.1 Å². The Balaban J connectivity index is 1.65. The monoisotopic (exact) mass is 412 g/mol. The van der Waals surface area contributed by atoms with Gasteiger partial charge in [-0.3, -0.25) is 9.36 Å². The van der Waals surface area contributed by atoms with Crippen molar-refractivity contribution in [3.05, 3.63) is 101 Å². The molecule has 1 atom stereocenters. The molecule has 5 nitrogen and oxygen atoms in total. The number of fused-ring (bicyclic) bond motifs is 3. The summed E-state index contributed by atoms with van der Waals surface area (Å²) in [4.78, 5) is 18.2. The molecule has 0 spiro atoms. The number of hydrogen-bond donors (Lipinski definition) is 2. The van der Waals surface area contributed by atoms with Gasteiger partial charge in [-0.05, 0) is 55.8 Å². The molecule has 0 aliphatic carbocycles. The molecular formula is C25H21FN4O. The van der Waals surface area contributed by atoms with Crippen LogP contribution < -0.4 is 10.6 Å². The fourth-order valence-corrected chi connectivity index (χ4v) is 4.05. The molecule has 0 bridgehead atoms. The third kappa shape index (κ3) is 3.36. The number of carbonyl (C=O) groups excluding carboxylic acids is 1. The van der Waals surface area contributed by atoms with E-state index in [1.165, 1.54) is 12.1 Å². The van der Waals surface area contributed by atoms with Gasteiger partial charge < -0.3 is 10.6 Å². The van der Waals surface area contributed by atoms with Crippen molar-refractivity contribution >= 4 is 28.6 Å². The molecule has 154 valence electrons. The number of rotatable bonds is 3. The van der Waals surface area contributed by atoms with E-state index in [1.807, 2.05) is 62.4 Å². The number of aromatic nitrogens is 2. The summed E-state index contributed by atoms with van der Waals surface area (Å²) in [6, 6.07) is 21.5. The molecule has 3 aromatic carbocycles. The summed E-state index contributed by atoms with van der Waals surface area (Å²) in [5.74, 6) is 0.105. The second kappa shape index (κ2) is 7.40. The van der Waals surface area contributed by atoms with Crippen molar-refractivity contribution in [1.29, 1.82) is 0 Å². The Kier molecular flexibility index (Phi) is 4.55. The van der Waals surface area contributed by atoms with Crippen LogP contribution in [0.1, 0.15) is 24.1 Å². The Morgan fingerprint density at radius 2 is 1.71 bits per heavy atom. The first-order valence-electron chi connectivity index (χ1n) is 10.1. The lowest BCUT2D eigenvalue weighted by Gasteiger charge is -2.30. The Morgan fingerprint density at radius 3 is 2.45 bits per heavy atom. The lowest BCUT2D eigenvalue weighted by molar-refractivity contribution is -0.113. The van der Waals surface area contributed by atoms with Crippen molar-refractivity contribution in [3.8, 4) is 0 Å². The normalized spacial score (nSPS) is 15.5. The van der Waals surface area contributed by atoms with Crippen LogP contribution in [0.4, 0.5) is 16.0 Å². The van der Waals surface area contributed by atoms with Crippen molar-refractivity contribution in [2.45, 2.75) is 19.9 Å². The molecular weight excluding hydrogens is 391 g/mol. The zero-order chi connectivity index (χ0) is 21.5. The van der Waals surface area contributed by atoms with E-state index >= 15 is 0 Å². The molecule has 0 saturated heterocycles. The molecule has 0 radical (unpaired) electrons. The number of allylic oxidation sites excluding steroid dienone is 1. The number of aryl methyl sites for hydroxylation is 1. The van der Waals surface area contributed by atoms with Gasteiger partial charge in [-0.15, -0.1) is 0 Å². The summed E-state index contributed by atoms with van der Waals surface area (Å²) in [7, 11) is 0. The van der Waals surface area contributed by atoms with Gasteiger partial charge in [0.2, 0.25) is 5.95 Å². The summed E-state index contributed by atoms with van der Waals surface area (Å²) in [6.07, 6.45) is 0. The van der Waals surface area contributed by atoms with Gasteiger partial charge in [0.15, 0.2) is 0 Å². The van der Waals surface area contributed by atoms with Crippen molar-refractivity contribution < 1.29 is 9.18 Å². The Morgan fingerprint density at radius 1 is 1.00 bits per heavy atom. The molecule has 2 heterocycles. The lowest BCUT2D eigenvalue weighted by atomic mass is 9.93. The Bertz CT molecular complexity index is 1320. The maximum atomic E-state index is 13.4. The van der Waals surface area contributed by atoms with E-state index in [2.05, 4.69) is 15.2 Å². The minimum Gasteiger partial charge on any atom is -0.329 e. The van der Waals surface area contributed by atoms with Crippen molar-refractivity contribution in [2.24, 2.45) is 0 Å². The van der Waals surface area contributed by atoms with E-state index in [0.717, 1.165) is 27.9 Å². The second-order valence-corrected chi connectivity index (χ2v) is 7.73. The molecule has 5 rings (SSSR count). The molecule has 1 aliphatic rings. The van der Waals surface area contributed by atoms with Crippen LogP contribution in [0.25, 0.3) is 11.0 Å². The molecule has 1 amide bonds. The van der Waals surface area contributed by atoms with Crippen molar-refractivity contribution in [2.75, 3.05) is 10.6 Å². The van der Waals surface area contributed by atoms with E-state index in [-0.39, 0.29) is 17.8 Å². The molecule has 6 heteroatoms. The van der Waals surface area contributed by atoms with Crippen LogP contribution >= 0.6 is 0 Å². The summed E-state index contributed by atoms with van der Waals surface area (Å²) in [5, 5.41) is 6.21. The van der Waals surface area contributed by atoms with Gasteiger partial charge in [0, 0.05) is 11.4 Å². The third-order valence-electron chi connectivity index (χ3n) is 5.57. The van der Waals surface area contributed by atoms with Crippen LogP contribution in [0.3, 0.4) is 0 Å². The third-order valence-corrected chi connectivity index (χ3v) is 5.57. The van der Waals surface area contributed by atoms with Crippen LogP contribution in [0.5, 0.6) is 0 Å². The number of hydrogen-bond acceptors (Lipinski definition) is 3. The molecule has 0 fully saturated rings. The molecule has 2 N–H and O–H groups in total. The number of anilines is 2. The van der Waals surface area contributed by atoms with Gasteiger partial charge >= 0.3 is 0 Å². The zero-order valence-corrected chi connectivity index (χ0v) is 17.2. The molecule has 0 unspecified atom stereocenters. The number of amides is 1. The second-order valence-electron chi connectivity index (χ2n) is 7.73. The minimum absolute atomic E-state index is 0.245. The van der Waals surface area contributed by atoms with E-state index in [9.17, 15) is 9.18 Å². The maximum Gasteiger partial charge on any atom is 0.255 e. The Hall–Kier alpha value is -3.93. The first-order valence-corrected chi connectivity index (χ1v) is 10.1. The number of para-hydroxylation sites is 2. The van der Waals surface area contributed by atoms with E-state index in [0.29, 0.717) is 17.2 Å². The van der Waals surface area contributed by atoms with Gasteiger partial charge in [-0.25, -0.2) is 9.37 Å². The highest BCUT2D eigenvalue weighted by Crippen LogP contribution is 2.39. The molecule has 4 aromatic rings. The highest BCUT2D eigenvalue weighted by Gasteiger charge is 2.34. The van der Waals surface area contributed by atoms with Gasteiger partial charge in [0.05, 0.1) is 22.6 Å². The number of imidazole rings is 1. The fourth-order valence-electron chi connectivity index (χ4n) is 4.05. The van der Waals surface area contributed by atoms with E-state index < -0.39 is 0 Å². The largest absolute Gasteiger partial charge is 0.329 e. The number of carbonyl (C=O) groups is 1. The van der Waals surface area contributed by atoms with Crippen molar-refractivity contribution in [3.63, 3.8) is 0 Å². The maximum absolute atomic E-state index is 13.4. The smallest absolute Gasteiger partial charge is 0.255 e. The first-order chi connectivity index (χ1) is 15.0. The van der Waals surface area contributed by atoms with Crippen LogP contribution in [0, 0.1) is 12.7 Å². The summed E-state index contributed by atoms with van der Waals surface area (Å²) in [6.45, 7) is 3.91. The summed E-state index contributed by atoms with van der Waals surface area (Å²) < 4.78 is 15.4. The van der Waals surface area contributed by atoms with E-state index in [1.54, 1.807) is 12.1 Å². The summed E-state index contributed by atoms with van der Waals surface area (Å²) >= 11 is 0. The Labute approximate surface area is 179 Å². The van der Waals surface area contributed by atoms with Gasteiger partial charge in [0.1, 0.15) is 5.82 Å². The topological polar surface area (TPSA) is 59.0 Å². The number of halogens is 1. The van der Waals surface area contributed by atoms with E-state index in [4.69, 9.17) is 4.98 Å². The molecule has 31 heavy (non-hydrogen) atoms. The van der Waals surface area contributed by atoms with Gasteiger partial charge in [-0.1, -0.05) is 42.0 Å². The molecule has 1 aromatic heterocycles. The highest BCUT2D eigenvalue weighted by atomic mass is 19.1. The lowest BCUT2D eigenvalue weighted by Crippen LogP contribution is -2.30. The average molecular weight is 412 g/mol. The highest BCUT2D eigenvalue weighted by molar-refractivity contribution is 6.06. The number of nitrogens with one attached hydrogen (secondary N) is 2. The van der Waals surface area contributed by atoms with Gasteiger partial charge in [0.25, 0.3) is 5.91 Å². The molecule has 1 aliphatic heterocycles. The molecule has 0 saturated carbocycles. The quantitative estimate of drug-likeness (QED) is 0.473. The average Bonchev–Trinajstić information content (AvgIpc) is 3.13. The first kappa shape index (κ1) is 19.1. The SMILES string of the molecule is CC1=C(C(=O)Nc2ccc(F)cc2)[C@H](c2ccc(C)cc2)n2c(nc3ccccc32)N1. The summed E-state index contributed by atoms with van der Waals surface area (Å²) in [5.41, 5.74) is 5.78. The van der Waals surface area contributed by atoms with Crippen LogP contribution in [-0.4, -0.2) is 15.5 Å².